The Kier molecular flexibility index (Phi) is 15.3. The van der Waals surface area contributed by atoms with Crippen LogP contribution >= 0.6 is 0 Å². The number of hydrogen-bond donors (Lipinski definition) is 1. The van der Waals surface area contributed by atoms with Crippen molar-refractivity contribution >= 4 is 14.3 Å². The summed E-state index contributed by atoms with van der Waals surface area (Å²) in [4.78, 5) is 12.6. The maximum Gasteiger partial charge on any atom is 0.337 e. The molecule has 1 saturated heterocycles. The molecule has 0 saturated carbocycles. The summed E-state index contributed by atoms with van der Waals surface area (Å²) in [5, 5.41) is 11.3. The molecular formula is C28H54O10Si. The highest BCUT2D eigenvalue weighted by atomic mass is 28.4. The van der Waals surface area contributed by atoms with Crippen molar-refractivity contribution in [1.82, 2.24) is 0 Å². The number of aliphatic hydroxyl groups is 1. The van der Waals surface area contributed by atoms with Crippen LogP contribution in [-0.4, -0.2) is 104 Å². The van der Waals surface area contributed by atoms with Gasteiger partial charge in [0.2, 0.25) is 5.79 Å². The van der Waals surface area contributed by atoms with Crippen LogP contribution in [0.3, 0.4) is 0 Å². The number of carbonyl (C=O) groups excluding carboxylic acids is 1. The Morgan fingerprint density at radius 2 is 1.77 bits per heavy atom. The molecule has 1 rings (SSSR count). The Balaban J connectivity index is 3.62. The number of esters is 1. The number of hydrogen-bond acceptors (Lipinski definition) is 10. The molecule has 0 aromatic rings. The normalized spacial score (nSPS) is 26.6. The van der Waals surface area contributed by atoms with Crippen molar-refractivity contribution < 1.29 is 47.5 Å². The van der Waals surface area contributed by atoms with Gasteiger partial charge in [-0.1, -0.05) is 40.7 Å². The van der Waals surface area contributed by atoms with Crippen LogP contribution in [0.4, 0.5) is 0 Å². The number of carbonyl (C=O) groups is 1. The summed E-state index contributed by atoms with van der Waals surface area (Å²) >= 11 is 0. The van der Waals surface area contributed by atoms with E-state index in [1.54, 1.807) is 20.3 Å². The van der Waals surface area contributed by atoms with Gasteiger partial charge in [0, 0.05) is 46.7 Å². The molecule has 39 heavy (non-hydrogen) atoms. The van der Waals surface area contributed by atoms with Gasteiger partial charge < -0.3 is 42.7 Å². The van der Waals surface area contributed by atoms with Gasteiger partial charge >= 0.3 is 5.97 Å². The third kappa shape index (κ3) is 8.11. The van der Waals surface area contributed by atoms with E-state index < -0.39 is 62.1 Å². The lowest BCUT2D eigenvalue weighted by Crippen LogP contribution is -2.71. The molecule has 1 heterocycles. The van der Waals surface area contributed by atoms with Gasteiger partial charge in [0.15, 0.2) is 14.4 Å². The van der Waals surface area contributed by atoms with E-state index in [1.165, 1.54) is 21.3 Å². The van der Waals surface area contributed by atoms with E-state index in [0.29, 0.717) is 12.8 Å². The smallest absolute Gasteiger partial charge is 0.337 e. The van der Waals surface area contributed by atoms with E-state index in [-0.39, 0.29) is 13.2 Å². The van der Waals surface area contributed by atoms with Crippen molar-refractivity contribution in [3.05, 3.63) is 12.7 Å². The Bertz CT molecular complexity index is 723. The molecule has 1 aliphatic heterocycles. The molecule has 0 aromatic heterocycles. The summed E-state index contributed by atoms with van der Waals surface area (Å²) in [5.41, 5.74) is -0.942. The summed E-state index contributed by atoms with van der Waals surface area (Å²) in [5.74, 6) is -1.97. The third-order valence-corrected chi connectivity index (χ3v) is 13.1. The largest absolute Gasteiger partial charge is 0.467 e. The van der Waals surface area contributed by atoms with Gasteiger partial charge in [-0.15, -0.1) is 6.58 Å². The molecule has 1 N–H and O–H groups in total. The molecule has 0 bridgehead atoms. The first kappa shape index (κ1) is 36.1. The van der Waals surface area contributed by atoms with Gasteiger partial charge in [0.25, 0.3) is 0 Å². The van der Waals surface area contributed by atoms with Crippen LogP contribution in [-0.2, 0) is 42.4 Å². The van der Waals surface area contributed by atoms with Gasteiger partial charge in [-0.3, -0.25) is 0 Å². The molecule has 10 nitrogen and oxygen atoms in total. The number of ether oxygens (including phenoxy) is 7. The topological polar surface area (TPSA) is 111 Å². The highest BCUT2D eigenvalue weighted by Crippen LogP contribution is 2.50. The van der Waals surface area contributed by atoms with Crippen molar-refractivity contribution in [3.63, 3.8) is 0 Å². The first-order valence-electron chi connectivity index (χ1n) is 13.9. The van der Waals surface area contributed by atoms with Crippen LogP contribution in [0.2, 0.25) is 18.1 Å². The highest BCUT2D eigenvalue weighted by Gasteiger charge is 2.63. The maximum atomic E-state index is 12.6. The Labute approximate surface area is 236 Å². The second kappa shape index (κ2) is 16.5. The van der Waals surface area contributed by atoms with E-state index >= 15 is 0 Å². The highest BCUT2D eigenvalue weighted by molar-refractivity contribution is 6.73. The predicted octanol–water partition coefficient (Wildman–Crippen LogP) is 4.05. The van der Waals surface area contributed by atoms with Crippen molar-refractivity contribution in [3.8, 4) is 0 Å². The standard InChI is InChI=1S/C28H54O10Si/c1-12-16-23(29)27(5,6)28(35-11)25(38-39(13-2,14-3)15-4)22(33-9)18-20(37-28)17-21(32-8)24(26(30)34-10)36-19-31-7/h12,20-25,29H,1,13-19H2,2-11H3/t20-,21+,22+,23-,24-,25+,28-/m1/s1. The summed E-state index contributed by atoms with van der Waals surface area (Å²) in [6.45, 7) is 14.0. The van der Waals surface area contributed by atoms with Crippen LogP contribution in [0, 0.1) is 5.41 Å². The van der Waals surface area contributed by atoms with Crippen LogP contribution in [0.15, 0.2) is 12.7 Å². The fourth-order valence-electron chi connectivity index (χ4n) is 5.59. The summed E-state index contributed by atoms with van der Waals surface area (Å²) in [7, 11) is 5.32. The number of aliphatic hydroxyl groups excluding tert-OH is 1. The summed E-state index contributed by atoms with van der Waals surface area (Å²) in [6.07, 6.45) is -1.35. The zero-order valence-electron chi connectivity index (χ0n) is 25.8. The minimum absolute atomic E-state index is 0.109. The van der Waals surface area contributed by atoms with Crippen LogP contribution < -0.4 is 0 Å². The molecular weight excluding hydrogens is 524 g/mol. The van der Waals surface area contributed by atoms with Gasteiger partial charge in [-0.05, 0) is 24.6 Å². The van der Waals surface area contributed by atoms with Crippen molar-refractivity contribution in [2.45, 2.75) is 114 Å². The molecule has 0 amide bonds. The summed E-state index contributed by atoms with van der Waals surface area (Å²) in [6, 6.07) is 2.78. The molecule has 1 aliphatic rings. The molecule has 1 fully saturated rings. The minimum Gasteiger partial charge on any atom is -0.467 e. The van der Waals surface area contributed by atoms with Crippen LogP contribution in [0.25, 0.3) is 0 Å². The SMILES string of the molecule is C=CC[C@@H](O)C(C)(C)[C@]1(OC)O[C@H](C[C@H](OC)[C@@H](OCOC)C(=O)OC)C[C@H](OC)[C@@H]1O[Si](CC)(CC)CC. The molecule has 11 heteroatoms. The van der Waals surface area contributed by atoms with Gasteiger partial charge in [0.1, 0.15) is 12.9 Å². The van der Waals surface area contributed by atoms with Crippen LogP contribution in [0.1, 0.15) is 53.9 Å². The fourth-order valence-corrected chi connectivity index (χ4v) is 8.44. The molecule has 0 radical (unpaired) electrons. The van der Waals surface area contributed by atoms with E-state index in [9.17, 15) is 9.90 Å². The minimum atomic E-state index is -2.18. The first-order chi connectivity index (χ1) is 18.5. The lowest BCUT2D eigenvalue weighted by molar-refractivity contribution is -0.383. The molecule has 0 spiro atoms. The maximum absolute atomic E-state index is 12.6. The van der Waals surface area contributed by atoms with Crippen molar-refractivity contribution in [2.24, 2.45) is 5.41 Å². The summed E-state index contributed by atoms with van der Waals surface area (Å²) < 4.78 is 47.6. The molecule has 7 atom stereocenters. The fraction of sp³-hybridized carbons (Fsp3) is 0.893. The molecule has 0 aliphatic carbocycles. The molecule has 230 valence electrons. The first-order valence-corrected chi connectivity index (χ1v) is 16.4. The monoisotopic (exact) mass is 578 g/mol. The molecule has 0 aromatic carbocycles. The van der Waals surface area contributed by atoms with Crippen molar-refractivity contribution in [1.29, 1.82) is 0 Å². The zero-order valence-corrected chi connectivity index (χ0v) is 26.8. The van der Waals surface area contributed by atoms with Gasteiger partial charge in [-0.25, -0.2) is 4.79 Å². The van der Waals surface area contributed by atoms with Gasteiger partial charge in [-0.2, -0.15) is 0 Å². The predicted molar refractivity (Wildman–Crippen MR) is 151 cm³/mol. The number of methoxy groups -OCH3 is 5. The Morgan fingerprint density at radius 1 is 1.15 bits per heavy atom. The van der Waals surface area contributed by atoms with E-state index in [4.69, 9.17) is 37.6 Å². The van der Waals surface area contributed by atoms with E-state index in [1.807, 2.05) is 13.8 Å². The zero-order chi connectivity index (χ0) is 29.9. The molecule has 0 unspecified atom stereocenters. The van der Waals surface area contributed by atoms with E-state index in [2.05, 4.69) is 27.4 Å². The lowest BCUT2D eigenvalue weighted by atomic mass is 9.71. The third-order valence-electron chi connectivity index (χ3n) is 8.52. The van der Waals surface area contributed by atoms with Gasteiger partial charge in [0.05, 0.1) is 31.5 Å². The number of rotatable bonds is 19. The Hall–Kier alpha value is -0.893. The Morgan fingerprint density at radius 3 is 2.21 bits per heavy atom. The second-order valence-electron chi connectivity index (χ2n) is 10.7. The van der Waals surface area contributed by atoms with E-state index in [0.717, 1.165) is 18.1 Å². The quantitative estimate of drug-likeness (QED) is 0.104. The van der Waals surface area contributed by atoms with Crippen molar-refractivity contribution in [2.75, 3.05) is 42.3 Å². The average molecular weight is 579 g/mol. The second-order valence-corrected chi connectivity index (χ2v) is 15.4. The lowest BCUT2D eigenvalue weighted by Gasteiger charge is -2.58. The van der Waals surface area contributed by atoms with Crippen LogP contribution in [0.5, 0.6) is 0 Å². The average Bonchev–Trinajstić information content (AvgIpc) is 2.95.